The molecule has 0 amide bonds. The third kappa shape index (κ3) is 5.64. The minimum atomic E-state index is -3.42. The van der Waals surface area contributed by atoms with Crippen molar-refractivity contribution in [2.45, 2.75) is 70.5 Å². The average molecular weight is 301 g/mol. The van der Waals surface area contributed by atoms with Crippen LogP contribution in [0.1, 0.15) is 52.7 Å². The third-order valence-corrected chi connectivity index (χ3v) is 4.64. The van der Waals surface area contributed by atoms with Crippen LogP contribution in [-0.2, 0) is 16.6 Å². The zero-order chi connectivity index (χ0) is 15.2. The van der Waals surface area contributed by atoms with Crippen molar-refractivity contribution in [2.75, 3.05) is 0 Å². The van der Waals surface area contributed by atoms with Crippen LogP contribution in [0.15, 0.2) is 17.2 Å². The van der Waals surface area contributed by atoms with Gasteiger partial charge in [0.15, 0.2) is 0 Å². The van der Waals surface area contributed by atoms with Crippen molar-refractivity contribution in [3.8, 4) is 0 Å². The predicted octanol–water partition coefficient (Wildman–Crippen LogP) is 2.37. The first-order chi connectivity index (χ1) is 9.35. The molecule has 1 aromatic rings. The van der Waals surface area contributed by atoms with E-state index in [1.54, 1.807) is 12.3 Å². The lowest BCUT2D eigenvalue weighted by Crippen LogP contribution is -2.32. The number of hydrogen-bond donors (Lipinski definition) is 3. The van der Waals surface area contributed by atoms with Gasteiger partial charge in [-0.25, -0.2) is 13.1 Å². The summed E-state index contributed by atoms with van der Waals surface area (Å²) in [5.74, 6) is 0. The van der Waals surface area contributed by atoms with E-state index in [-0.39, 0.29) is 6.04 Å². The molecule has 0 aliphatic heterocycles. The predicted molar refractivity (Wildman–Crippen MR) is 82.1 cm³/mol. The van der Waals surface area contributed by atoms with E-state index in [9.17, 15) is 8.42 Å². The molecule has 3 N–H and O–H groups in total. The molecule has 1 unspecified atom stereocenters. The lowest BCUT2D eigenvalue weighted by atomic mass is 10.2. The quantitative estimate of drug-likeness (QED) is 0.655. The average Bonchev–Trinajstić information content (AvgIpc) is 2.83. The molecule has 0 aromatic carbocycles. The highest BCUT2D eigenvalue weighted by Crippen LogP contribution is 2.12. The number of nitrogens with one attached hydrogen (secondary N) is 3. The van der Waals surface area contributed by atoms with Crippen LogP contribution in [0.4, 0.5) is 0 Å². The molecule has 0 spiro atoms. The van der Waals surface area contributed by atoms with Crippen LogP contribution in [0.5, 0.6) is 0 Å². The van der Waals surface area contributed by atoms with Gasteiger partial charge in [0, 0.05) is 30.5 Å². The van der Waals surface area contributed by atoms with Crippen LogP contribution < -0.4 is 10.0 Å². The first kappa shape index (κ1) is 17.2. The Kier molecular flexibility index (Phi) is 6.71. The van der Waals surface area contributed by atoms with Crippen LogP contribution >= 0.6 is 0 Å². The fraction of sp³-hybridized carbons (Fsp3) is 0.714. The minimum Gasteiger partial charge on any atom is -0.363 e. The summed E-state index contributed by atoms with van der Waals surface area (Å²) in [4.78, 5) is 3.31. The Morgan fingerprint density at radius 2 is 2.00 bits per heavy atom. The van der Waals surface area contributed by atoms with Gasteiger partial charge in [-0.2, -0.15) is 0 Å². The molecule has 0 saturated carbocycles. The fourth-order valence-electron chi connectivity index (χ4n) is 1.89. The fourth-order valence-corrected chi connectivity index (χ4v) is 3.19. The molecule has 0 saturated heterocycles. The number of hydrogen-bond acceptors (Lipinski definition) is 3. The van der Waals surface area contributed by atoms with Crippen molar-refractivity contribution in [1.29, 1.82) is 0 Å². The van der Waals surface area contributed by atoms with E-state index >= 15 is 0 Å². The van der Waals surface area contributed by atoms with Crippen molar-refractivity contribution < 1.29 is 8.42 Å². The van der Waals surface area contributed by atoms with Crippen LogP contribution in [-0.4, -0.2) is 25.5 Å². The second-order valence-electron chi connectivity index (χ2n) is 5.56. The van der Waals surface area contributed by atoms with Gasteiger partial charge in [-0.3, -0.25) is 0 Å². The maximum Gasteiger partial charge on any atom is 0.242 e. The maximum atomic E-state index is 12.2. The monoisotopic (exact) mass is 301 g/mol. The molecule has 0 aliphatic rings. The summed E-state index contributed by atoms with van der Waals surface area (Å²) >= 11 is 0. The minimum absolute atomic E-state index is 0.0351. The molecular weight excluding hydrogens is 274 g/mol. The molecule has 1 atom stereocenters. The molecule has 0 fully saturated rings. The lowest BCUT2D eigenvalue weighted by Gasteiger charge is -2.12. The molecule has 116 valence electrons. The van der Waals surface area contributed by atoms with Crippen LogP contribution in [0.2, 0.25) is 0 Å². The summed E-state index contributed by atoms with van der Waals surface area (Å²) < 4.78 is 27.1. The topological polar surface area (TPSA) is 74.0 Å². The van der Waals surface area contributed by atoms with Crippen molar-refractivity contribution in [3.05, 3.63) is 18.0 Å². The highest BCUT2D eigenvalue weighted by Gasteiger charge is 2.18. The number of H-pyrrole nitrogens is 1. The molecule has 0 bridgehead atoms. The van der Waals surface area contributed by atoms with Gasteiger partial charge >= 0.3 is 0 Å². The summed E-state index contributed by atoms with van der Waals surface area (Å²) in [5.41, 5.74) is 0.875. The molecule has 5 nitrogen and oxygen atoms in total. The Bertz CT molecular complexity index is 494. The molecular formula is C14H27N3O2S. The largest absolute Gasteiger partial charge is 0.363 e. The van der Waals surface area contributed by atoms with Gasteiger partial charge < -0.3 is 10.3 Å². The van der Waals surface area contributed by atoms with Gasteiger partial charge in [0.05, 0.1) is 4.90 Å². The van der Waals surface area contributed by atoms with Gasteiger partial charge in [0.25, 0.3) is 0 Å². The lowest BCUT2D eigenvalue weighted by molar-refractivity contribution is 0.534. The molecule has 1 aromatic heterocycles. The Morgan fingerprint density at radius 1 is 1.30 bits per heavy atom. The Morgan fingerprint density at radius 3 is 2.60 bits per heavy atom. The van der Waals surface area contributed by atoms with E-state index in [1.165, 1.54) is 0 Å². The van der Waals surface area contributed by atoms with Gasteiger partial charge in [-0.1, -0.05) is 33.6 Å². The molecule has 20 heavy (non-hydrogen) atoms. The van der Waals surface area contributed by atoms with Crippen LogP contribution in [0, 0.1) is 0 Å². The number of aromatic nitrogens is 1. The van der Waals surface area contributed by atoms with E-state index in [0.717, 1.165) is 25.0 Å². The van der Waals surface area contributed by atoms with Crippen molar-refractivity contribution in [1.82, 2.24) is 15.0 Å². The van der Waals surface area contributed by atoms with Gasteiger partial charge in [0.1, 0.15) is 0 Å². The van der Waals surface area contributed by atoms with Crippen molar-refractivity contribution in [3.63, 3.8) is 0 Å². The standard InChI is InChI=1S/C14H27N3O2S/c1-5-6-7-12(4)17-20(18,19)14-8-13(16-10-14)9-15-11(2)3/h8,10-12,15-17H,5-7,9H2,1-4H3. The molecule has 1 rings (SSSR count). The summed E-state index contributed by atoms with van der Waals surface area (Å²) in [6.07, 6.45) is 4.51. The summed E-state index contributed by atoms with van der Waals surface area (Å²) in [6.45, 7) is 8.75. The zero-order valence-electron chi connectivity index (χ0n) is 12.9. The normalized spacial score (nSPS) is 13.8. The Labute approximate surface area is 122 Å². The first-order valence-corrected chi connectivity index (χ1v) is 8.76. The first-order valence-electron chi connectivity index (χ1n) is 7.28. The number of sulfonamides is 1. The van der Waals surface area contributed by atoms with E-state index in [1.807, 2.05) is 6.92 Å². The highest BCUT2D eigenvalue weighted by atomic mass is 32.2. The molecule has 0 radical (unpaired) electrons. The van der Waals surface area contributed by atoms with Gasteiger partial charge in [-0.05, 0) is 19.4 Å². The summed E-state index contributed by atoms with van der Waals surface area (Å²) in [7, 11) is -3.42. The molecule has 6 heteroatoms. The molecule has 1 heterocycles. The zero-order valence-corrected chi connectivity index (χ0v) is 13.7. The second-order valence-corrected chi connectivity index (χ2v) is 7.27. The number of aromatic amines is 1. The van der Waals surface area contributed by atoms with E-state index < -0.39 is 10.0 Å². The summed E-state index contributed by atoms with van der Waals surface area (Å²) in [6, 6.07) is 2.02. The van der Waals surface area contributed by atoms with E-state index in [4.69, 9.17) is 0 Å². The third-order valence-electron chi connectivity index (χ3n) is 3.07. The molecule has 0 aliphatic carbocycles. The van der Waals surface area contributed by atoms with Gasteiger partial charge in [0.2, 0.25) is 10.0 Å². The van der Waals surface area contributed by atoms with Crippen LogP contribution in [0.25, 0.3) is 0 Å². The van der Waals surface area contributed by atoms with Crippen molar-refractivity contribution >= 4 is 10.0 Å². The Hall–Kier alpha value is -0.850. The van der Waals surface area contributed by atoms with E-state index in [0.29, 0.717) is 17.5 Å². The van der Waals surface area contributed by atoms with E-state index in [2.05, 4.69) is 35.8 Å². The number of unbranched alkanes of at least 4 members (excludes halogenated alkanes) is 1. The second kappa shape index (κ2) is 7.81. The van der Waals surface area contributed by atoms with Crippen LogP contribution in [0.3, 0.4) is 0 Å². The van der Waals surface area contributed by atoms with Gasteiger partial charge in [-0.15, -0.1) is 0 Å². The van der Waals surface area contributed by atoms with Crippen molar-refractivity contribution in [2.24, 2.45) is 0 Å². The smallest absolute Gasteiger partial charge is 0.242 e. The maximum absolute atomic E-state index is 12.2. The Balaban J connectivity index is 2.63. The SMILES string of the molecule is CCCCC(C)NS(=O)(=O)c1c[nH]c(CNC(C)C)c1. The number of rotatable bonds is 9. The highest BCUT2D eigenvalue weighted by molar-refractivity contribution is 7.89. The summed E-state index contributed by atoms with van der Waals surface area (Å²) in [5, 5.41) is 3.25.